The number of alkyl halides is 2. The van der Waals surface area contributed by atoms with Crippen LogP contribution in [0.3, 0.4) is 0 Å². The summed E-state index contributed by atoms with van der Waals surface area (Å²) in [5.74, 6) is 0. The Morgan fingerprint density at radius 1 is 1.08 bits per heavy atom. The van der Waals surface area contributed by atoms with Crippen LogP contribution in [0.4, 0.5) is 8.78 Å². The highest BCUT2D eigenvalue weighted by Gasteiger charge is 2.31. The molecule has 3 rings (SSSR count). The molecule has 0 amide bonds. The Bertz CT molecular complexity index is 857. The SMILES string of the molecule is Cc1ccc(CN2CCN(S(=O)(=O)c3cn(C(F)F)nc3C)CC2)cc1. The van der Waals surface area contributed by atoms with Gasteiger partial charge >= 0.3 is 6.55 Å². The van der Waals surface area contributed by atoms with Gasteiger partial charge in [-0.3, -0.25) is 4.90 Å². The van der Waals surface area contributed by atoms with Crippen LogP contribution in [-0.2, 0) is 16.6 Å². The van der Waals surface area contributed by atoms with E-state index in [1.807, 2.05) is 6.92 Å². The third-order valence-electron chi connectivity index (χ3n) is 4.55. The van der Waals surface area contributed by atoms with Crippen LogP contribution in [0.25, 0.3) is 0 Å². The summed E-state index contributed by atoms with van der Waals surface area (Å²) in [6.07, 6.45) is 0.911. The number of benzene rings is 1. The minimum Gasteiger partial charge on any atom is -0.296 e. The summed E-state index contributed by atoms with van der Waals surface area (Å²) in [5.41, 5.74) is 2.47. The number of piperazine rings is 1. The summed E-state index contributed by atoms with van der Waals surface area (Å²) < 4.78 is 52.8. The molecule has 0 spiro atoms. The zero-order valence-electron chi connectivity index (χ0n) is 14.8. The van der Waals surface area contributed by atoms with Crippen molar-refractivity contribution in [3.63, 3.8) is 0 Å². The minimum absolute atomic E-state index is 0.0902. The van der Waals surface area contributed by atoms with Crippen molar-refractivity contribution >= 4 is 10.0 Å². The smallest absolute Gasteiger partial charge is 0.296 e. The fourth-order valence-corrected chi connectivity index (χ4v) is 4.61. The highest BCUT2D eigenvalue weighted by atomic mass is 32.2. The number of halogens is 2. The highest BCUT2D eigenvalue weighted by Crippen LogP contribution is 2.23. The fraction of sp³-hybridized carbons (Fsp3) is 0.471. The molecule has 0 saturated carbocycles. The summed E-state index contributed by atoms with van der Waals surface area (Å²) in [6.45, 7) is 3.20. The Hall–Kier alpha value is -1.84. The van der Waals surface area contributed by atoms with Gasteiger partial charge in [-0.25, -0.2) is 13.1 Å². The lowest BCUT2D eigenvalue weighted by atomic mass is 10.1. The van der Waals surface area contributed by atoms with Gasteiger partial charge in [-0.15, -0.1) is 0 Å². The van der Waals surface area contributed by atoms with Crippen molar-refractivity contribution in [2.24, 2.45) is 0 Å². The molecule has 1 aromatic heterocycles. The molecule has 1 saturated heterocycles. The van der Waals surface area contributed by atoms with Crippen LogP contribution in [0.15, 0.2) is 35.4 Å². The summed E-state index contributed by atoms with van der Waals surface area (Å²) in [4.78, 5) is 2.04. The molecule has 6 nitrogen and oxygen atoms in total. The van der Waals surface area contributed by atoms with Crippen LogP contribution in [0, 0.1) is 13.8 Å². The van der Waals surface area contributed by atoms with Crippen molar-refractivity contribution in [2.45, 2.75) is 31.8 Å². The maximum absolute atomic E-state index is 12.8. The second kappa shape index (κ2) is 7.42. The monoisotopic (exact) mass is 384 g/mol. The maximum Gasteiger partial charge on any atom is 0.333 e. The van der Waals surface area contributed by atoms with Gasteiger partial charge in [0.2, 0.25) is 10.0 Å². The van der Waals surface area contributed by atoms with Gasteiger partial charge in [0, 0.05) is 32.7 Å². The van der Waals surface area contributed by atoms with E-state index in [2.05, 4.69) is 34.3 Å². The summed E-state index contributed by atoms with van der Waals surface area (Å²) >= 11 is 0. The van der Waals surface area contributed by atoms with E-state index in [0.717, 1.165) is 12.7 Å². The van der Waals surface area contributed by atoms with Crippen LogP contribution in [0.1, 0.15) is 23.4 Å². The van der Waals surface area contributed by atoms with Crippen LogP contribution in [0.5, 0.6) is 0 Å². The molecular weight excluding hydrogens is 362 g/mol. The maximum atomic E-state index is 12.8. The van der Waals surface area contributed by atoms with Gasteiger partial charge < -0.3 is 0 Å². The molecule has 0 N–H and O–H groups in total. The molecule has 0 radical (unpaired) electrons. The van der Waals surface area contributed by atoms with Crippen molar-refractivity contribution in [3.05, 3.63) is 47.3 Å². The van der Waals surface area contributed by atoms with Crippen LogP contribution in [0.2, 0.25) is 0 Å². The van der Waals surface area contributed by atoms with Crippen molar-refractivity contribution in [3.8, 4) is 0 Å². The second-order valence-corrected chi connectivity index (χ2v) is 8.41. The van der Waals surface area contributed by atoms with Gasteiger partial charge in [0.1, 0.15) is 4.90 Å². The molecule has 142 valence electrons. The normalized spacial score (nSPS) is 17.1. The van der Waals surface area contributed by atoms with Crippen molar-refractivity contribution in [2.75, 3.05) is 26.2 Å². The molecule has 1 aliphatic heterocycles. The van der Waals surface area contributed by atoms with Gasteiger partial charge in [-0.05, 0) is 19.4 Å². The zero-order valence-corrected chi connectivity index (χ0v) is 15.6. The van der Waals surface area contributed by atoms with Gasteiger partial charge in [-0.1, -0.05) is 29.8 Å². The fourth-order valence-electron chi connectivity index (χ4n) is 3.04. The Labute approximate surface area is 152 Å². The lowest BCUT2D eigenvalue weighted by molar-refractivity contribution is 0.0561. The van der Waals surface area contributed by atoms with E-state index >= 15 is 0 Å². The lowest BCUT2D eigenvalue weighted by Crippen LogP contribution is -2.48. The first kappa shape index (κ1) is 18.9. The number of hydrogen-bond acceptors (Lipinski definition) is 4. The predicted octanol–water partition coefficient (Wildman–Crippen LogP) is 2.40. The first-order chi connectivity index (χ1) is 12.3. The average Bonchev–Trinajstić information content (AvgIpc) is 3.00. The van der Waals surface area contributed by atoms with E-state index in [9.17, 15) is 17.2 Å². The average molecular weight is 384 g/mol. The molecule has 9 heteroatoms. The largest absolute Gasteiger partial charge is 0.333 e. The van der Waals surface area contributed by atoms with E-state index in [1.54, 1.807) is 0 Å². The number of nitrogens with zero attached hydrogens (tertiary/aromatic N) is 4. The molecule has 0 aliphatic carbocycles. The Morgan fingerprint density at radius 2 is 1.69 bits per heavy atom. The number of hydrogen-bond donors (Lipinski definition) is 0. The molecule has 2 aromatic rings. The van der Waals surface area contributed by atoms with Crippen LogP contribution >= 0.6 is 0 Å². The molecule has 1 fully saturated rings. The van der Waals surface area contributed by atoms with E-state index in [0.29, 0.717) is 30.9 Å². The van der Waals surface area contributed by atoms with Gasteiger partial charge in [-0.2, -0.15) is 18.2 Å². The third kappa shape index (κ3) is 3.94. The summed E-state index contributed by atoms with van der Waals surface area (Å²) in [5, 5.41) is 3.60. The number of aryl methyl sites for hydroxylation is 2. The summed E-state index contributed by atoms with van der Waals surface area (Å²) in [6, 6.07) is 8.25. The Kier molecular flexibility index (Phi) is 5.40. The zero-order chi connectivity index (χ0) is 18.9. The third-order valence-corrected chi connectivity index (χ3v) is 6.55. The van der Waals surface area contributed by atoms with E-state index in [1.165, 1.54) is 22.4 Å². The Morgan fingerprint density at radius 3 is 2.23 bits per heavy atom. The molecular formula is C17H22F2N4O2S. The molecule has 1 aliphatic rings. The van der Waals surface area contributed by atoms with E-state index in [4.69, 9.17) is 0 Å². The molecule has 0 atom stereocenters. The number of aromatic nitrogens is 2. The topological polar surface area (TPSA) is 58.4 Å². The second-order valence-electron chi connectivity index (χ2n) is 6.50. The van der Waals surface area contributed by atoms with Crippen molar-refractivity contribution in [1.82, 2.24) is 19.0 Å². The first-order valence-electron chi connectivity index (χ1n) is 8.39. The van der Waals surface area contributed by atoms with E-state index in [-0.39, 0.29) is 10.6 Å². The van der Waals surface area contributed by atoms with Crippen LogP contribution in [-0.4, -0.2) is 53.6 Å². The lowest BCUT2D eigenvalue weighted by Gasteiger charge is -2.33. The molecule has 1 aromatic carbocycles. The molecule has 0 unspecified atom stereocenters. The molecule has 0 bridgehead atoms. The molecule has 2 heterocycles. The number of sulfonamides is 1. The summed E-state index contributed by atoms with van der Waals surface area (Å²) in [7, 11) is -3.82. The minimum atomic E-state index is -3.82. The van der Waals surface area contributed by atoms with Crippen molar-refractivity contribution in [1.29, 1.82) is 0 Å². The van der Waals surface area contributed by atoms with Gasteiger partial charge in [0.05, 0.1) is 11.9 Å². The van der Waals surface area contributed by atoms with E-state index < -0.39 is 16.6 Å². The standard InChI is InChI=1S/C17H22F2N4O2S/c1-13-3-5-15(6-4-13)11-21-7-9-22(10-8-21)26(24,25)16-12-23(17(18)19)20-14(16)2/h3-6,12,17H,7-11H2,1-2H3. The highest BCUT2D eigenvalue weighted by molar-refractivity contribution is 7.89. The predicted molar refractivity (Wildman–Crippen MR) is 93.4 cm³/mol. The van der Waals surface area contributed by atoms with Crippen molar-refractivity contribution < 1.29 is 17.2 Å². The number of rotatable bonds is 5. The quantitative estimate of drug-likeness (QED) is 0.794. The Balaban J connectivity index is 1.66. The molecule has 26 heavy (non-hydrogen) atoms. The van der Waals surface area contributed by atoms with Crippen LogP contribution < -0.4 is 0 Å². The van der Waals surface area contributed by atoms with Gasteiger partial charge in [0.15, 0.2) is 0 Å². The van der Waals surface area contributed by atoms with Gasteiger partial charge in [0.25, 0.3) is 0 Å². The first-order valence-corrected chi connectivity index (χ1v) is 9.83.